The number of hydrogen-bond acceptors (Lipinski definition) is 5. The van der Waals surface area contributed by atoms with Gasteiger partial charge in [0.25, 0.3) is 5.69 Å². The summed E-state index contributed by atoms with van der Waals surface area (Å²) in [5, 5.41) is 10.8. The Labute approximate surface area is 97.9 Å². The minimum Gasteiger partial charge on any atom is -0.489 e. The van der Waals surface area contributed by atoms with E-state index >= 15 is 0 Å². The number of hydrogen-bond donors (Lipinski definition) is 0. The molecule has 1 saturated heterocycles. The number of rotatable bonds is 1. The molecular weight excluding hydrogens is 224 g/mol. The lowest BCUT2D eigenvalue weighted by Gasteiger charge is -2.41. The van der Waals surface area contributed by atoms with Crippen molar-refractivity contribution in [2.24, 2.45) is 0 Å². The zero-order chi connectivity index (χ0) is 11.8. The Kier molecular flexibility index (Phi) is 2.36. The van der Waals surface area contributed by atoms with Crippen molar-refractivity contribution in [3.8, 4) is 5.75 Å². The molecule has 2 heterocycles. The van der Waals surface area contributed by atoms with Crippen LogP contribution in [0.1, 0.15) is 0 Å². The fourth-order valence-electron chi connectivity index (χ4n) is 2.26. The maximum Gasteiger partial charge on any atom is 0.271 e. The minimum absolute atomic E-state index is 0.0968. The number of ether oxygens (including phenoxy) is 2. The number of morpholine rings is 1. The van der Waals surface area contributed by atoms with Gasteiger partial charge in [-0.2, -0.15) is 0 Å². The fourth-order valence-corrected chi connectivity index (χ4v) is 2.26. The third-order valence-corrected chi connectivity index (χ3v) is 3.12. The molecule has 0 amide bonds. The van der Waals surface area contributed by atoms with Gasteiger partial charge in [0.05, 0.1) is 29.9 Å². The molecule has 17 heavy (non-hydrogen) atoms. The number of anilines is 1. The molecule has 0 bridgehead atoms. The monoisotopic (exact) mass is 236 g/mol. The van der Waals surface area contributed by atoms with E-state index in [2.05, 4.69) is 4.90 Å². The van der Waals surface area contributed by atoms with Crippen molar-refractivity contribution in [2.75, 3.05) is 31.3 Å². The van der Waals surface area contributed by atoms with Crippen molar-refractivity contribution in [1.29, 1.82) is 0 Å². The van der Waals surface area contributed by atoms with Gasteiger partial charge in [0.1, 0.15) is 12.4 Å². The summed E-state index contributed by atoms with van der Waals surface area (Å²) in [7, 11) is 0. The second kappa shape index (κ2) is 3.89. The van der Waals surface area contributed by atoms with Crippen molar-refractivity contribution in [2.45, 2.75) is 6.04 Å². The Morgan fingerprint density at radius 1 is 1.41 bits per heavy atom. The molecule has 3 rings (SSSR count). The van der Waals surface area contributed by atoms with Gasteiger partial charge in [0.15, 0.2) is 0 Å². The van der Waals surface area contributed by atoms with Gasteiger partial charge in [-0.05, 0) is 6.07 Å². The molecule has 0 aliphatic carbocycles. The maximum absolute atomic E-state index is 10.8. The topological polar surface area (TPSA) is 64.8 Å². The van der Waals surface area contributed by atoms with Gasteiger partial charge in [0, 0.05) is 18.7 Å². The summed E-state index contributed by atoms with van der Waals surface area (Å²) < 4.78 is 11.0. The number of benzene rings is 1. The Hall–Kier alpha value is -1.82. The van der Waals surface area contributed by atoms with E-state index in [1.54, 1.807) is 12.1 Å². The number of non-ortho nitro benzene ring substituents is 1. The largest absolute Gasteiger partial charge is 0.489 e. The number of nitro groups is 1. The standard InChI is InChI=1S/C11H12N2O4/c14-13(15)8-1-2-11-10(5-8)12-3-4-16-6-9(12)7-17-11/h1-2,5,9H,3-4,6-7H2. The van der Waals surface area contributed by atoms with Crippen LogP contribution in [0.5, 0.6) is 5.75 Å². The van der Waals surface area contributed by atoms with Crippen molar-refractivity contribution in [3.63, 3.8) is 0 Å². The van der Waals surface area contributed by atoms with Crippen LogP contribution in [0.15, 0.2) is 18.2 Å². The first-order chi connectivity index (χ1) is 8.25. The first kappa shape index (κ1) is 10.3. The highest BCUT2D eigenvalue weighted by Crippen LogP contribution is 2.37. The van der Waals surface area contributed by atoms with E-state index in [0.717, 1.165) is 12.2 Å². The summed E-state index contributed by atoms with van der Waals surface area (Å²) in [4.78, 5) is 12.5. The van der Waals surface area contributed by atoms with E-state index in [-0.39, 0.29) is 16.7 Å². The van der Waals surface area contributed by atoms with Crippen molar-refractivity contribution in [3.05, 3.63) is 28.3 Å². The van der Waals surface area contributed by atoms with Crippen LogP contribution >= 0.6 is 0 Å². The SMILES string of the molecule is O=[N+]([O-])c1ccc2c(c1)N1CCOCC1CO2. The summed E-state index contributed by atoms with van der Waals surface area (Å²) in [6.07, 6.45) is 0. The van der Waals surface area contributed by atoms with Crippen molar-refractivity contribution >= 4 is 11.4 Å². The van der Waals surface area contributed by atoms with Crippen molar-refractivity contribution < 1.29 is 14.4 Å². The van der Waals surface area contributed by atoms with Crippen LogP contribution in [-0.2, 0) is 4.74 Å². The predicted molar refractivity (Wildman–Crippen MR) is 60.5 cm³/mol. The molecule has 1 aromatic carbocycles. The molecule has 1 aromatic rings. The third-order valence-electron chi connectivity index (χ3n) is 3.12. The quantitative estimate of drug-likeness (QED) is 0.541. The normalized spacial score (nSPS) is 22.4. The zero-order valence-electron chi connectivity index (χ0n) is 9.17. The van der Waals surface area contributed by atoms with Gasteiger partial charge in [0.2, 0.25) is 0 Å². The molecule has 0 saturated carbocycles. The second-order valence-corrected chi connectivity index (χ2v) is 4.14. The zero-order valence-corrected chi connectivity index (χ0v) is 9.17. The summed E-state index contributed by atoms with van der Waals surface area (Å²) in [6, 6.07) is 4.88. The van der Waals surface area contributed by atoms with Gasteiger partial charge in [-0.25, -0.2) is 0 Å². The molecule has 0 aromatic heterocycles. The number of nitro benzene ring substituents is 1. The van der Waals surface area contributed by atoms with Crippen molar-refractivity contribution in [1.82, 2.24) is 0 Å². The average molecular weight is 236 g/mol. The van der Waals surface area contributed by atoms with E-state index in [4.69, 9.17) is 9.47 Å². The Morgan fingerprint density at radius 3 is 3.12 bits per heavy atom. The van der Waals surface area contributed by atoms with Crippen LogP contribution in [-0.4, -0.2) is 37.3 Å². The number of nitrogens with zero attached hydrogens (tertiary/aromatic N) is 2. The first-order valence-electron chi connectivity index (χ1n) is 5.51. The van der Waals surface area contributed by atoms with Crippen LogP contribution in [0.2, 0.25) is 0 Å². The average Bonchev–Trinajstić information content (AvgIpc) is 2.38. The molecule has 6 nitrogen and oxygen atoms in total. The highest BCUT2D eigenvalue weighted by Gasteiger charge is 2.31. The van der Waals surface area contributed by atoms with Crippen LogP contribution in [0.4, 0.5) is 11.4 Å². The van der Waals surface area contributed by atoms with E-state index in [0.29, 0.717) is 25.6 Å². The lowest BCUT2D eigenvalue weighted by molar-refractivity contribution is -0.384. The van der Waals surface area contributed by atoms with Gasteiger partial charge >= 0.3 is 0 Å². The minimum atomic E-state index is -0.385. The van der Waals surface area contributed by atoms with Crippen LogP contribution < -0.4 is 9.64 Å². The molecule has 1 atom stereocenters. The van der Waals surface area contributed by atoms with Gasteiger partial charge in [-0.15, -0.1) is 0 Å². The summed E-state index contributed by atoms with van der Waals surface area (Å²) in [6.45, 7) is 2.59. The van der Waals surface area contributed by atoms with Crippen LogP contribution in [0, 0.1) is 10.1 Å². The Balaban J connectivity index is 2.01. The fraction of sp³-hybridized carbons (Fsp3) is 0.455. The highest BCUT2D eigenvalue weighted by molar-refractivity contribution is 5.65. The smallest absolute Gasteiger partial charge is 0.271 e. The van der Waals surface area contributed by atoms with E-state index in [9.17, 15) is 10.1 Å². The molecule has 0 N–H and O–H groups in total. The van der Waals surface area contributed by atoms with Gasteiger partial charge < -0.3 is 14.4 Å². The lowest BCUT2D eigenvalue weighted by Crippen LogP contribution is -2.51. The molecular formula is C11H12N2O4. The summed E-state index contributed by atoms with van der Waals surface area (Å²) in [5.74, 6) is 0.716. The van der Waals surface area contributed by atoms with Crippen LogP contribution in [0.25, 0.3) is 0 Å². The Bertz CT molecular complexity index is 463. The highest BCUT2D eigenvalue weighted by atomic mass is 16.6. The molecule has 0 spiro atoms. The van der Waals surface area contributed by atoms with E-state index < -0.39 is 0 Å². The first-order valence-corrected chi connectivity index (χ1v) is 5.51. The molecule has 6 heteroatoms. The summed E-state index contributed by atoms with van der Waals surface area (Å²) in [5.41, 5.74) is 0.901. The predicted octanol–water partition coefficient (Wildman–Crippen LogP) is 1.19. The number of fused-ring (bicyclic) bond motifs is 3. The molecule has 90 valence electrons. The van der Waals surface area contributed by atoms with Gasteiger partial charge in [-0.1, -0.05) is 0 Å². The summed E-state index contributed by atoms with van der Waals surface area (Å²) >= 11 is 0. The Morgan fingerprint density at radius 2 is 2.29 bits per heavy atom. The molecule has 0 radical (unpaired) electrons. The van der Waals surface area contributed by atoms with E-state index in [1.807, 2.05) is 0 Å². The van der Waals surface area contributed by atoms with Crippen LogP contribution in [0.3, 0.4) is 0 Å². The third kappa shape index (κ3) is 1.70. The molecule has 1 unspecified atom stereocenters. The molecule has 2 aliphatic rings. The van der Waals surface area contributed by atoms with Gasteiger partial charge in [-0.3, -0.25) is 10.1 Å². The van der Waals surface area contributed by atoms with E-state index in [1.165, 1.54) is 6.07 Å². The molecule has 2 aliphatic heterocycles. The lowest BCUT2D eigenvalue weighted by atomic mass is 10.1. The second-order valence-electron chi connectivity index (χ2n) is 4.14. The maximum atomic E-state index is 10.8. The molecule has 1 fully saturated rings.